The second-order valence-electron chi connectivity index (χ2n) is 9.08. The number of hydrogen-bond donors (Lipinski definition) is 1. The zero-order chi connectivity index (χ0) is 22.8. The van der Waals surface area contributed by atoms with Gasteiger partial charge >= 0.3 is 0 Å². The van der Waals surface area contributed by atoms with Crippen LogP contribution >= 0.6 is 0 Å². The van der Waals surface area contributed by atoms with Crippen molar-refractivity contribution in [2.24, 2.45) is 0 Å². The maximum Gasteiger partial charge on any atom is 0.227 e. The molecule has 2 aliphatic rings. The average Bonchev–Trinajstić information content (AvgIpc) is 2.80. The van der Waals surface area contributed by atoms with Crippen molar-refractivity contribution in [3.8, 4) is 0 Å². The Morgan fingerprint density at radius 1 is 0.758 bits per heavy atom. The molecule has 3 aromatic rings. The van der Waals surface area contributed by atoms with Gasteiger partial charge in [0.15, 0.2) is 0 Å². The molecule has 2 atom stereocenters. The third-order valence-electron chi connectivity index (χ3n) is 7.07. The van der Waals surface area contributed by atoms with Crippen LogP contribution in [0.3, 0.4) is 0 Å². The van der Waals surface area contributed by atoms with E-state index in [0.29, 0.717) is 25.9 Å². The van der Waals surface area contributed by atoms with E-state index in [2.05, 4.69) is 12.1 Å². The minimum Gasteiger partial charge on any atom is -0.394 e. The fraction of sp³-hybridized carbons (Fsp3) is 0.286. The van der Waals surface area contributed by atoms with Gasteiger partial charge in [-0.25, -0.2) is 0 Å². The standard InChI is InChI=1S/C28H28N2O3/c31-18-24-27(23-14-8-3-9-15-23)28(30(24)26(33)17-22-12-6-2-7-13-22)19-29(20-28)25(32)16-21-10-4-1-5-11-21/h1-15,24,27,31H,16-20H2/t24-,27+/m0/s1. The molecule has 2 heterocycles. The minimum atomic E-state index is -0.465. The highest BCUT2D eigenvalue weighted by Crippen LogP contribution is 2.54. The summed E-state index contributed by atoms with van der Waals surface area (Å²) in [6, 6.07) is 29.2. The molecule has 33 heavy (non-hydrogen) atoms. The van der Waals surface area contributed by atoms with Crippen molar-refractivity contribution < 1.29 is 14.7 Å². The van der Waals surface area contributed by atoms with E-state index in [1.54, 1.807) is 0 Å². The molecule has 0 radical (unpaired) electrons. The predicted molar refractivity (Wildman–Crippen MR) is 127 cm³/mol. The van der Waals surface area contributed by atoms with Crippen molar-refractivity contribution >= 4 is 11.8 Å². The zero-order valence-electron chi connectivity index (χ0n) is 18.5. The number of rotatable bonds is 6. The number of likely N-dealkylation sites (tertiary alicyclic amines) is 2. The van der Waals surface area contributed by atoms with E-state index in [9.17, 15) is 14.7 Å². The first-order valence-electron chi connectivity index (χ1n) is 11.5. The molecule has 2 amide bonds. The highest BCUT2D eigenvalue weighted by Gasteiger charge is 2.67. The number of amides is 2. The number of hydrogen-bond acceptors (Lipinski definition) is 3. The first kappa shape index (κ1) is 21.4. The molecule has 3 aromatic carbocycles. The molecule has 5 heteroatoms. The zero-order valence-corrected chi connectivity index (χ0v) is 18.5. The van der Waals surface area contributed by atoms with Crippen LogP contribution in [0.15, 0.2) is 91.0 Å². The summed E-state index contributed by atoms with van der Waals surface area (Å²) in [4.78, 5) is 30.1. The third-order valence-corrected chi connectivity index (χ3v) is 7.07. The van der Waals surface area contributed by atoms with E-state index in [1.165, 1.54) is 0 Å². The van der Waals surface area contributed by atoms with E-state index in [4.69, 9.17) is 0 Å². The van der Waals surface area contributed by atoms with Crippen molar-refractivity contribution in [2.45, 2.75) is 30.3 Å². The van der Waals surface area contributed by atoms with Gasteiger partial charge in [-0.05, 0) is 16.7 Å². The van der Waals surface area contributed by atoms with Gasteiger partial charge in [0.2, 0.25) is 11.8 Å². The Labute approximate surface area is 194 Å². The fourth-order valence-electron chi connectivity index (χ4n) is 5.60. The van der Waals surface area contributed by atoms with Gasteiger partial charge in [-0.15, -0.1) is 0 Å². The monoisotopic (exact) mass is 440 g/mol. The molecule has 0 bridgehead atoms. The highest BCUT2D eigenvalue weighted by molar-refractivity contribution is 5.84. The van der Waals surface area contributed by atoms with E-state index in [-0.39, 0.29) is 30.4 Å². The average molecular weight is 441 g/mol. The Morgan fingerprint density at radius 2 is 1.24 bits per heavy atom. The molecule has 2 aliphatic heterocycles. The van der Waals surface area contributed by atoms with Crippen LogP contribution < -0.4 is 0 Å². The van der Waals surface area contributed by atoms with Gasteiger partial charge in [0.25, 0.3) is 0 Å². The molecule has 0 saturated carbocycles. The Hall–Kier alpha value is -3.44. The maximum absolute atomic E-state index is 13.4. The first-order chi connectivity index (χ1) is 16.1. The summed E-state index contributed by atoms with van der Waals surface area (Å²) in [5, 5.41) is 10.3. The molecule has 0 unspecified atom stereocenters. The third kappa shape index (κ3) is 3.83. The maximum atomic E-state index is 13.4. The lowest BCUT2D eigenvalue weighted by Gasteiger charge is -2.70. The van der Waals surface area contributed by atoms with Crippen LogP contribution in [-0.4, -0.2) is 58.0 Å². The quantitative estimate of drug-likeness (QED) is 0.641. The van der Waals surface area contributed by atoms with E-state index < -0.39 is 5.54 Å². The van der Waals surface area contributed by atoms with Crippen LogP contribution in [-0.2, 0) is 22.4 Å². The van der Waals surface area contributed by atoms with E-state index in [1.807, 2.05) is 88.7 Å². The molecular formula is C28H28N2O3. The second-order valence-corrected chi connectivity index (χ2v) is 9.08. The molecule has 168 valence electrons. The molecular weight excluding hydrogens is 412 g/mol. The first-order valence-corrected chi connectivity index (χ1v) is 11.5. The predicted octanol–water partition coefficient (Wildman–Crippen LogP) is 3.04. The van der Waals surface area contributed by atoms with Crippen LogP contribution in [0, 0.1) is 0 Å². The van der Waals surface area contributed by atoms with E-state index in [0.717, 1.165) is 16.7 Å². The molecule has 1 N–H and O–H groups in total. The molecule has 5 rings (SSSR count). The molecule has 2 saturated heterocycles. The van der Waals surface area contributed by atoms with Gasteiger partial charge in [-0.2, -0.15) is 0 Å². The largest absolute Gasteiger partial charge is 0.394 e. The molecule has 1 spiro atoms. The van der Waals surface area contributed by atoms with Gasteiger partial charge in [-0.3, -0.25) is 9.59 Å². The SMILES string of the molecule is O=C(Cc1ccccc1)N1CC2(C1)[C@H](c1ccccc1)[C@H](CO)N2C(=O)Cc1ccccc1. The lowest BCUT2D eigenvalue weighted by Crippen LogP contribution is -2.86. The van der Waals surface area contributed by atoms with Crippen LogP contribution in [0.2, 0.25) is 0 Å². The number of aliphatic hydroxyl groups excluding tert-OH is 1. The number of benzene rings is 3. The summed E-state index contributed by atoms with van der Waals surface area (Å²) >= 11 is 0. The van der Waals surface area contributed by atoms with Gasteiger partial charge in [0, 0.05) is 19.0 Å². The number of nitrogens with zero attached hydrogens (tertiary/aromatic N) is 2. The van der Waals surface area contributed by atoms with Crippen LogP contribution in [0.4, 0.5) is 0 Å². The van der Waals surface area contributed by atoms with Crippen molar-refractivity contribution in [2.75, 3.05) is 19.7 Å². The van der Waals surface area contributed by atoms with Crippen molar-refractivity contribution in [1.29, 1.82) is 0 Å². The summed E-state index contributed by atoms with van der Waals surface area (Å²) in [5.74, 6) is 0.0772. The summed E-state index contributed by atoms with van der Waals surface area (Å²) in [7, 11) is 0. The topological polar surface area (TPSA) is 60.9 Å². The van der Waals surface area contributed by atoms with Crippen LogP contribution in [0.25, 0.3) is 0 Å². The van der Waals surface area contributed by atoms with Crippen molar-refractivity contribution in [1.82, 2.24) is 9.80 Å². The lowest BCUT2D eigenvalue weighted by molar-refractivity contribution is -0.202. The van der Waals surface area contributed by atoms with Crippen LogP contribution in [0.5, 0.6) is 0 Å². The minimum absolute atomic E-state index is 0.00240. The Bertz CT molecular complexity index is 1110. The number of carbonyl (C=O) groups is 2. The van der Waals surface area contributed by atoms with Gasteiger partial charge in [-0.1, -0.05) is 91.0 Å². The van der Waals surface area contributed by atoms with Crippen molar-refractivity contribution in [3.05, 3.63) is 108 Å². The smallest absolute Gasteiger partial charge is 0.227 e. The summed E-state index contributed by atoms with van der Waals surface area (Å²) < 4.78 is 0. The van der Waals surface area contributed by atoms with E-state index >= 15 is 0 Å². The lowest BCUT2D eigenvalue weighted by atomic mass is 9.60. The molecule has 5 nitrogen and oxygen atoms in total. The molecule has 0 aliphatic carbocycles. The Morgan fingerprint density at radius 3 is 1.76 bits per heavy atom. The Balaban J connectivity index is 1.38. The number of carbonyl (C=O) groups excluding carboxylic acids is 2. The van der Waals surface area contributed by atoms with Gasteiger partial charge in [0.05, 0.1) is 31.0 Å². The van der Waals surface area contributed by atoms with Gasteiger partial charge in [0.1, 0.15) is 0 Å². The molecule has 2 fully saturated rings. The summed E-state index contributed by atoms with van der Waals surface area (Å²) in [6.45, 7) is 0.893. The fourth-order valence-corrected chi connectivity index (χ4v) is 5.60. The highest BCUT2D eigenvalue weighted by atomic mass is 16.3. The normalized spacial score (nSPS) is 20.8. The second kappa shape index (κ2) is 8.83. The van der Waals surface area contributed by atoms with Crippen molar-refractivity contribution in [3.63, 3.8) is 0 Å². The van der Waals surface area contributed by atoms with Gasteiger partial charge < -0.3 is 14.9 Å². The van der Waals surface area contributed by atoms with Crippen LogP contribution in [0.1, 0.15) is 22.6 Å². The number of aliphatic hydroxyl groups is 1. The summed E-state index contributed by atoms with van der Waals surface area (Å²) in [5.41, 5.74) is 2.58. The Kier molecular flexibility index (Phi) is 5.73. The summed E-state index contributed by atoms with van der Waals surface area (Å²) in [6.07, 6.45) is 0.646. The molecule has 0 aromatic heterocycles.